The van der Waals surface area contributed by atoms with Crippen LogP contribution in [-0.4, -0.2) is 9.78 Å². The Balaban J connectivity index is 2.67. The van der Waals surface area contributed by atoms with Gasteiger partial charge in [0.25, 0.3) is 0 Å². The van der Waals surface area contributed by atoms with Crippen LogP contribution >= 0.6 is 15.9 Å². The maximum absolute atomic E-state index is 13.6. The molecule has 2 rings (SSSR count). The second-order valence-electron chi connectivity index (χ2n) is 3.30. The summed E-state index contributed by atoms with van der Waals surface area (Å²) in [5, 5.41) is 3.94. The molecule has 0 amide bonds. The van der Waals surface area contributed by atoms with Crippen molar-refractivity contribution < 1.29 is 8.78 Å². The quantitative estimate of drug-likeness (QED) is 0.876. The fourth-order valence-corrected chi connectivity index (χ4v) is 2.04. The van der Waals surface area contributed by atoms with Gasteiger partial charge in [0, 0.05) is 18.7 Å². The molecule has 0 bridgehead atoms. The van der Waals surface area contributed by atoms with Crippen LogP contribution in [0, 0.1) is 11.6 Å². The third-order valence-corrected chi connectivity index (χ3v) is 2.98. The molecule has 1 aromatic heterocycles. The van der Waals surface area contributed by atoms with Crippen molar-refractivity contribution in [1.29, 1.82) is 0 Å². The molecule has 1 heterocycles. The first-order valence-corrected chi connectivity index (χ1v) is 5.23. The molecule has 0 saturated carbocycles. The first-order chi connectivity index (χ1) is 7.50. The standard InChI is InChI=1S/C10H8BrF2N3/c1-16-9(8(11)10(14)15-16)6-3-2-5(12)4-7(6)13/h2-4H,1H3,(H2,14,15). The summed E-state index contributed by atoms with van der Waals surface area (Å²) < 4.78 is 28.3. The number of rotatable bonds is 1. The molecule has 6 heteroatoms. The predicted molar refractivity (Wildman–Crippen MR) is 60.7 cm³/mol. The van der Waals surface area contributed by atoms with Crippen LogP contribution in [0.4, 0.5) is 14.6 Å². The summed E-state index contributed by atoms with van der Waals surface area (Å²) in [4.78, 5) is 0. The number of hydrogen-bond donors (Lipinski definition) is 1. The third kappa shape index (κ3) is 1.69. The summed E-state index contributed by atoms with van der Waals surface area (Å²) in [7, 11) is 1.64. The average Bonchev–Trinajstić information content (AvgIpc) is 2.43. The van der Waals surface area contributed by atoms with E-state index >= 15 is 0 Å². The Hall–Kier alpha value is -1.43. The molecule has 0 aliphatic rings. The second-order valence-corrected chi connectivity index (χ2v) is 4.09. The molecular weight excluding hydrogens is 280 g/mol. The lowest BCUT2D eigenvalue weighted by molar-refractivity contribution is 0.584. The van der Waals surface area contributed by atoms with Crippen molar-refractivity contribution in [3.05, 3.63) is 34.3 Å². The fraction of sp³-hybridized carbons (Fsp3) is 0.100. The van der Waals surface area contributed by atoms with Crippen LogP contribution in [0.2, 0.25) is 0 Å². The van der Waals surface area contributed by atoms with Gasteiger partial charge in [0.05, 0.1) is 10.2 Å². The number of anilines is 1. The zero-order chi connectivity index (χ0) is 11.9. The van der Waals surface area contributed by atoms with Gasteiger partial charge in [-0.15, -0.1) is 0 Å². The highest BCUT2D eigenvalue weighted by Gasteiger charge is 2.16. The third-order valence-electron chi connectivity index (χ3n) is 2.20. The van der Waals surface area contributed by atoms with Crippen LogP contribution in [0.15, 0.2) is 22.7 Å². The zero-order valence-electron chi connectivity index (χ0n) is 8.34. The number of halogens is 3. The van der Waals surface area contributed by atoms with E-state index < -0.39 is 11.6 Å². The number of aryl methyl sites for hydroxylation is 1. The monoisotopic (exact) mass is 287 g/mol. The molecule has 16 heavy (non-hydrogen) atoms. The Kier molecular flexibility index (Phi) is 2.67. The van der Waals surface area contributed by atoms with Crippen LogP contribution in [0.1, 0.15) is 0 Å². The summed E-state index contributed by atoms with van der Waals surface area (Å²) in [6, 6.07) is 3.37. The fourth-order valence-electron chi connectivity index (χ4n) is 1.49. The van der Waals surface area contributed by atoms with Gasteiger partial charge in [0.1, 0.15) is 11.6 Å². The molecule has 84 valence electrons. The molecule has 0 aliphatic heterocycles. The van der Waals surface area contributed by atoms with Gasteiger partial charge in [-0.3, -0.25) is 4.68 Å². The number of benzene rings is 1. The van der Waals surface area contributed by atoms with Crippen molar-refractivity contribution in [3.63, 3.8) is 0 Å². The number of aromatic nitrogens is 2. The number of hydrogen-bond acceptors (Lipinski definition) is 2. The van der Waals surface area contributed by atoms with Crippen LogP contribution in [0.5, 0.6) is 0 Å². The summed E-state index contributed by atoms with van der Waals surface area (Å²) >= 11 is 3.22. The maximum Gasteiger partial charge on any atom is 0.160 e. The van der Waals surface area contributed by atoms with E-state index in [2.05, 4.69) is 21.0 Å². The van der Waals surface area contributed by atoms with Gasteiger partial charge in [-0.25, -0.2) is 8.78 Å². The molecule has 0 radical (unpaired) electrons. The normalized spacial score (nSPS) is 10.8. The summed E-state index contributed by atoms with van der Waals surface area (Å²) in [5.41, 5.74) is 6.31. The Morgan fingerprint density at radius 3 is 2.56 bits per heavy atom. The Morgan fingerprint density at radius 2 is 2.06 bits per heavy atom. The highest BCUT2D eigenvalue weighted by molar-refractivity contribution is 9.10. The number of nitrogens with zero attached hydrogens (tertiary/aromatic N) is 2. The van der Waals surface area contributed by atoms with Gasteiger partial charge in [0.2, 0.25) is 0 Å². The van der Waals surface area contributed by atoms with Gasteiger partial charge in [-0.05, 0) is 28.1 Å². The van der Waals surface area contributed by atoms with E-state index in [9.17, 15) is 8.78 Å². The lowest BCUT2D eigenvalue weighted by Crippen LogP contribution is -1.96. The molecule has 1 aromatic carbocycles. The first kappa shape index (κ1) is 11.1. The average molecular weight is 288 g/mol. The molecule has 0 atom stereocenters. The molecule has 0 unspecified atom stereocenters. The van der Waals surface area contributed by atoms with Crippen LogP contribution in [0.3, 0.4) is 0 Å². The van der Waals surface area contributed by atoms with Crippen molar-refractivity contribution in [2.24, 2.45) is 7.05 Å². The van der Waals surface area contributed by atoms with E-state index in [0.717, 1.165) is 6.07 Å². The van der Waals surface area contributed by atoms with Crippen molar-refractivity contribution in [1.82, 2.24) is 9.78 Å². The largest absolute Gasteiger partial charge is 0.381 e. The lowest BCUT2D eigenvalue weighted by Gasteiger charge is -2.04. The van der Waals surface area contributed by atoms with E-state index in [4.69, 9.17) is 5.73 Å². The van der Waals surface area contributed by atoms with Gasteiger partial charge >= 0.3 is 0 Å². The molecule has 3 nitrogen and oxygen atoms in total. The number of nitrogen functional groups attached to an aromatic ring is 1. The van der Waals surface area contributed by atoms with Gasteiger partial charge in [-0.2, -0.15) is 5.10 Å². The predicted octanol–water partition coefficient (Wildman–Crippen LogP) is 2.71. The number of nitrogens with two attached hydrogens (primary N) is 1. The van der Waals surface area contributed by atoms with E-state index in [1.807, 2.05) is 0 Å². The van der Waals surface area contributed by atoms with Crippen LogP contribution < -0.4 is 5.73 Å². The zero-order valence-corrected chi connectivity index (χ0v) is 9.92. The van der Waals surface area contributed by atoms with E-state index in [1.165, 1.54) is 16.8 Å². The smallest absolute Gasteiger partial charge is 0.160 e. The topological polar surface area (TPSA) is 43.8 Å². The molecule has 0 fully saturated rings. The SMILES string of the molecule is Cn1nc(N)c(Br)c1-c1ccc(F)cc1F. The Morgan fingerprint density at radius 1 is 1.38 bits per heavy atom. The summed E-state index contributed by atoms with van der Waals surface area (Å²) in [6.07, 6.45) is 0. The lowest BCUT2D eigenvalue weighted by atomic mass is 10.1. The maximum atomic E-state index is 13.6. The van der Waals surface area contributed by atoms with Crippen molar-refractivity contribution in [2.45, 2.75) is 0 Å². The van der Waals surface area contributed by atoms with E-state index in [0.29, 0.717) is 10.2 Å². The van der Waals surface area contributed by atoms with Gasteiger partial charge in [0.15, 0.2) is 5.82 Å². The van der Waals surface area contributed by atoms with Crippen molar-refractivity contribution >= 4 is 21.7 Å². The molecule has 0 spiro atoms. The molecular formula is C10H8BrF2N3. The van der Waals surface area contributed by atoms with E-state index in [1.54, 1.807) is 7.05 Å². The van der Waals surface area contributed by atoms with Crippen molar-refractivity contribution in [3.8, 4) is 11.3 Å². The van der Waals surface area contributed by atoms with Gasteiger partial charge in [-0.1, -0.05) is 0 Å². The molecule has 2 N–H and O–H groups in total. The minimum absolute atomic E-state index is 0.250. The summed E-state index contributed by atoms with van der Waals surface area (Å²) in [5.74, 6) is -1.00. The molecule has 2 aromatic rings. The summed E-state index contributed by atoms with van der Waals surface area (Å²) in [6.45, 7) is 0. The minimum Gasteiger partial charge on any atom is -0.381 e. The second kappa shape index (κ2) is 3.86. The highest BCUT2D eigenvalue weighted by Crippen LogP contribution is 2.33. The van der Waals surface area contributed by atoms with Crippen molar-refractivity contribution in [2.75, 3.05) is 5.73 Å². The Bertz CT molecular complexity index is 551. The molecule has 0 saturated heterocycles. The van der Waals surface area contributed by atoms with Gasteiger partial charge < -0.3 is 5.73 Å². The minimum atomic E-state index is -0.649. The van der Waals surface area contributed by atoms with Crippen LogP contribution in [0.25, 0.3) is 11.3 Å². The highest BCUT2D eigenvalue weighted by atomic mass is 79.9. The Labute approximate surface area is 99.0 Å². The molecule has 0 aliphatic carbocycles. The first-order valence-electron chi connectivity index (χ1n) is 4.44. The van der Waals surface area contributed by atoms with Crippen LogP contribution in [-0.2, 0) is 7.05 Å². The van der Waals surface area contributed by atoms with E-state index in [-0.39, 0.29) is 11.4 Å².